The molecule has 3 N–H and O–H groups in total. The van der Waals surface area contributed by atoms with Crippen LogP contribution in [0.15, 0.2) is 42.5 Å². The third-order valence-electron chi connectivity index (χ3n) is 2.41. The third-order valence-corrected chi connectivity index (χ3v) is 2.41. The number of nitrogen functional groups attached to an aromatic ring is 1. The predicted molar refractivity (Wildman–Crippen MR) is 67.2 cm³/mol. The summed E-state index contributed by atoms with van der Waals surface area (Å²) >= 11 is 0. The van der Waals surface area contributed by atoms with Crippen LogP contribution >= 0.6 is 0 Å². The molecule has 100 valence electrons. The number of halogens is 3. The first-order valence-corrected chi connectivity index (χ1v) is 5.42. The molecule has 0 aromatic heterocycles. The fraction of sp³-hybridized carbons (Fsp3) is 0.0769. The Balaban J connectivity index is 2.13. The summed E-state index contributed by atoms with van der Waals surface area (Å²) in [5.74, 6) is -0.476. The van der Waals surface area contributed by atoms with Crippen LogP contribution in [0.3, 0.4) is 0 Å². The first-order chi connectivity index (χ1) is 9.06. The molecule has 0 spiro atoms. The predicted octanol–water partition coefficient (Wildman–Crippen LogP) is 3.75. The van der Waals surface area contributed by atoms with Crippen LogP contribution in [-0.2, 0) is 0 Å². The van der Waals surface area contributed by atoms with E-state index in [1.54, 1.807) is 6.07 Å². The lowest BCUT2D eigenvalue weighted by atomic mass is 10.2. The highest BCUT2D eigenvalue weighted by atomic mass is 19.3. The van der Waals surface area contributed by atoms with Gasteiger partial charge < -0.3 is 15.8 Å². The van der Waals surface area contributed by atoms with E-state index in [4.69, 9.17) is 5.73 Å². The molecule has 0 heterocycles. The number of rotatable bonds is 4. The molecule has 0 atom stereocenters. The van der Waals surface area contributed by atoms with Crippen molar-refractivity contribution in [2.24, 2.45) is 0 Å². The van der Waals surface area contributed by atoms with E-state index in [1.807, 2.05) is 0 Å². The zero-order chi connectivity index (χ0) is 13.8. The van der Waals surface area contributed by atoms with Gasteiger partial charge in [0, 0.05) is 5.69 Å². The van der Waals surface area contributed by atoms with Crippen molar-refractivity contribution in [2.75, 3.05) is 11.1 Å². The van der Waals surface area contributed by atoms with Gasteiger partial charge in [0.2, 0.25) is 0 Å². The second kappa shape index (κ2) is 5.51. The number of para-hydroxylation sites is 1. The first kappa shape index (κ1) is 13.1. The summed E-state index contributed by atoms with van der Waals surface area (Å²) in [6.07, 6.45) is 0. The Bertz CT molecular complexity index is 558. The Morgan fingerprint density at radius 2 is 1.74 bits per heavy atom. The molecule has 2 aromatic carbocycles. The van der Waals surface area contributed by atoms with Crippen LogP contribution in [0.25, 0.3) is 0 Å². The highest BCUT2D eigenvalue weighted by Crippen LogP contribution is 2.26. The molecule has 2 aromatic rings. The highest BCUT2D eigenvalue weighted by molar-refractivity contribution is 5.72. The average Bonchev–Trinajstić information content (AvgIpc) is 2.37. The van der Waals surface area contributed by atoms with Crippen molar-refractivity contribution in [3.8, 4) is 5.75 Å². The number of benzene rings is 2. The normalized spacial score (nSPS) is 10.5. The van der Waals surface area contributed by atoms with E-state index in [0.717, 1.165) is 0 Å². The monoisotopic (exact) mass is 268 g/mol. The van der Waals surface area contributed by atoms with Gasteiger partial charge in [-0.2, -0.15) is 8.78 Å². The zero-order valence-corrected chi connectivity index (χ0v) is 9.74. The second-order valence-electron chi connectivity index (χ2n) is 3.73. The standard InChI is InChI=1S/C13H11F3N2O/c14-10-2-1-3-11(12(10)17)18-8-4-6-9(7-5-8)19-13(15)16/h1-7,13,18H,17H2. The highest BCUT2D eigenvalue weighted by Gasteiger charge is 2.06. The molecule has 0 aliphatic carbocycles. The van der Waals surface area contributed by atoms with Crippen molar-refractivity contribution in [2.45, 2.75) is 6.61 Å². The Morgan fingerprint density at radius 3 is 2.37 bits per heavy atom. The smallest absolute Gasteiger partial charge is 0.387 e. The molecule has 0 unspecified atom stereocenters. The van der Waals surface area contributed by atoms with Gasteiger partial charge >= 0.3 is 6.61 Å². The number of hydrogen-bond acceptors (Lipinski definition) is 3. The number of anilines is 3. The minimum atomic E-state index is -2.86. The zero-order valence-electron chi connectivity index (χ0n) is 9.74. The summed E-state index contributed by atoms with van der Waals surface area (Å²) < 4.78 is 41.4. The number of ether oxygens (including phenoxy) is 1. The largest absolute Gasteiger partial charge is 0.435 e. The Morgan fingerprint density at radius 1 is 1.05 bits per heavy atom. The van der Waals surface area contributed by atoms with Crippen molar-refractivity contribution in [3.05, 3.63) is 48.3 Å². The second-order valence-corrected chi connectivity index (χ2v) is 3.73. The summed E-state index contributed by atoms with van der Waals surface area (Å²) in [5.41, 5.74) is 6.55. The number of alkyl halides is 2. The maximum absolute atomic E-state index is 13.2. The molecule has 3 nitrogen and oxygen atoms in total. The van der Waals surface area contributed by atoms with Gasteiger partial charge in [-0.3, -0.25) is 0 Å². The Kier molecular flexibility index (Phi) is 3.79. The molecule has 19 heavy (non-hydrogen) atoms. The summed E-state index contributed by atoms with van der Waals surface area (Å²) in [4.78, 5) is 0. The maximum Gasteiger partial charge on any atom is 0.387 e. The summed E-state index contributed by atoms with van der Waals surface area (Å²) in [5, 5.41) is 2.89. The fourth-order valence-electron chi connectivity index (χ4n) is 1.52. The van der Waals surface area contributed by atoms with Crippen molar-refractivity contribution in [1.82, 2.24) is 0 Å². The third kappa shape index (κ3) is 3.31. The molecule has 0 saturated heterocycles. The van der Waals surface area contributed by atoms with Gasteiger partial charge in [0.1, 0.15) is 11.6 Å². The molecule has 0 aliphatic rings. The van der Waals surface area contributed by atoms with Gasteiger partial charge in [0.25, 0.3) is 0 Å². The van der Waals surface area contributed by atoms with E-state index in [9.17, 15) is 13.2 Å². The summed E-state index contributed by atoms with van der Waals surface area (Å²) in [7, 11) is 0. The van der Waals surface area contributed by atoms with Crippen LogP contribution in [0.1, 0.15) is 0 Å². The first-order valence-electron chi connectivity index (χ1n) is 5.42. The fourth-order valence-corrected chi connectivity index (χ4v) is 1.52. The van der Waals surface area contributed by atoms with Crippen LogP contribution < -0.4 is 15.8 Å². The van der Waals surface area contributed by atoms with Crippen molar-refractivity contribution < 1.29 is 17.9 Å². The minimum Gasteiger partial charge on any atom is -0.435 e. The topological polar surface area (TPSA) is 47.3 Å². The van der Waals surface area contributed by atoms with Gasteiger partial charge in [0.15, 0.2) is 0 Å². The Hall–Kier alpha value is -2.37. The quantitative estimate of drug-likeness (QED) is 0.830. The van der Waals surface area contributed by atoms with E-state index < -0.39 is 12.4 Å². The minimum absolute atomic E-state index is 0.00425. The molecule has 0 saturated carbocycles. The van der Waals surface area contributed by atoms with Crippen molar-refractivity contribution >= 4 is 17.1 Å². The van der Waals surface area contributed by atoms with Gasteiger partial charge in [-0.1, -0.05) is 6.07 Å². The molecular formula is C13H11F3N2O. The van der Waals surface area contributed by atoms with E-state index in [-0.39, 0.29) is 11.4 Å². The van der Waals surface area contributed by atoms with Crippen LogP contribution in [0, 0.1) is 5.82 Å². The molecule has 6 heteroatoms. The lowest BCUT2D eigenvalue weighted by molar-refractivity contribution is -0.0498. The summed E-state index contributed by atoms with van der Waals surface area (Å²) in [6.45, 7) is -2.86. The van der Waals surface area contributed by atoms with Crippen LogP contribution in [-0.4, -0.2) is 6.61 Å². The molecule has 0 aliphatic heterocycles. The lowest BCUT2D eigenvalue weighted by Gasteiger charge is -2.10. The number of nitrogens with one attached hydrogen (secondary N) is 1. The molecule has 0 radical (unpaired) electrons. The van der Waals surface area contributed by atoms with Crippen molar-refractivity contribution in [3.63, 3.8) is 0 Å². The van der Waals surface area contributed by atoms with E-state index in [0.29, 0.717) is 11.4 Å². The van der Waals surface area contributed by atoms with Gasteiger partial charge in [-0.05, 0) is 36.4 Å². The van der Waals surface area contributed by atoms with Crippen molar-refractivity contribution in [1.29, 1.82) is 0 Å². The lowest BCUT2D eigenvalue weighted by Crippen LogP contribution is -2.02. The molecule has 2 rings (SSSR count). The molecule has 0 bridgehead atoms. The molecule has 0 fully saturated rings. The maximum atomic E-state index is 13.2. The summed E-state index contributed by atoms with van der Waals surface area (Å²) in [6, 6.07) is 10.2. The van der Waals surface area contributed by atoms with Gasteiger partial charge in [-0.15, -0.1) is 0 Å². The van der Waals surface area contributed by atoms with E-state index in [1.165, 1.54) is 36.4 Å². The number of nitrogens with two attached hydrogens (primary N) is 1. The average molecular weight is 268 g/mol. The van der Waals surface area contributed by atoms with Gasteiger partial charge in [0.05, 0.1) is 11.4 Å². The van der Waals surface area contributed by atoms with Crippen LogP contribution in [0.5, 0.6) is 5.75 Å². The molecule has 0 amide bonds. The SMILES string of the molecule is Nc1c(F)cccc1Nc1ccc(OC(F)F)cc1. The van der Waals surface area contributed by atoms with E-state index in [2.05, 4.69) is 10.1 Å². The van der Waals surface area contributed by atoms with E-state index >= 15 is 0 Å². The van der Waals surface area contributed by atoms with Crippen LogP contribution in [0.2, 0.25) is 0 Å². The molecular weight excluding hydrogens is 257 g/mol. The van der Waals surface area contributed by atoms with Crippen LogP contribution in [0.4, 0.5) is 30.2 Å². The number of hydrogen-bond donors (Lipinski definition) is 2. The Labute approximate surface area is 107 Å². The van der Waals surface area contributed by atoms with Gasteiger partial charge in [-0.25, -0.2) is 4.39 Å².